The van der Waals surface area contributed by atoms with Gasteiger partial charge in [-0.05, 0) is 85.2 Å². The fourth-order valence-corrected chi connectivity index (χ4v) is 7.51. The standard InChI is InChI=1S/C20H28O3/c1-18-7-5-16-14(6-9-23-16)15(18)4-8-19-10-13(2-3-17(18)19)20(22,11-19)12-21/h6,9,13,15,17,21-22H,2-5,7-8,10-12H2,1H3/t13-,15+,17+,18-,19+,20-/m1/s1. The van der Waals surface area contributed by atoms with Gasteiger partial charge in [0, 0.05) is 6.42 Å². The molecule has 23 heavy (non-hydrogen) atoms. The first kappa shape index (κ1) is 14.5. The topological polar surface area (TPSA) is 53.6 Å². The molecule has 0 aromatic carbocycles. The van der Waals surface area contributed by atoms with Crippen LogP contribution in [0, 0.1) is 22.7 Å². The van der Waals surface area contributed by atoms with Crippen LogP contribution in [0.1, 0.15) is 69.1 Å². The van der Waals surface area contributed by atoms with Crippen molar-refractivity contribution in [1.29, 1.82) is 0 Å². The molecule has 6 atom stereocenters. The van der Waals surface area contributed by atoms with Crippen molar-refractivity contribution >= 4 is 0 Å². The first-order chi connectivity index (χ1) is 11.0. The molecule has 4 aliphatic carbocycles. The van der Waals surface area contributed by atoms with E-state index in [2.05, 4.69) is 13.0 Å². The van der Waals surface area contributed by atoms with E-state index in [1.807, 2.05) is 6.26 Å². The lowest BCUT2D eigenvalue weighted by Crippen LogP contribution is -2.51. The Labute approximate surface area is 138 Å². The molecular formula is C20H28O3. The number of aryl methyl sites for hydroxylation is 1. The van der Waals surface area contributed by atoms with Crippen LogP contribution in [0.3, 0.4) is 0 Å². The van der Waals surface area contributed by atoms with Gasteiger partial charge in [0.2, 0.25) is 0 Å². The van der Waals surface area contributed by atoms with Gasteiger partial charge in [-0.15, -0.1) is 0 Å². The molecule has 1 heterocycles. The summed E-state index contributed by atoms with van der Waals surface area (Å²) in [5.74, 6) is 2.85. The van der Waals surface area contributed by atoms with E-state index < -0.39 is 5.60 Å². The Kier molecular flexibility index (Phi) is 2.80. The highest BCUT2D eigenvalue weighted by atomic mass is 16.3. The highest BCUT2D eigenvalue weighted by Gasteiger charge is 2.65. The fraction of sp³-hybridized carbons (Fsp3) is 0.800. The molecule has 3 nitrogen and oxygen atoms in total. The molecule has 4 aliphatic rings. The minimum Gasteiger partial charge on any atom is -0.469 e. The Morgan fingerprint density at radius 3 is 2.96 bits per heavy atom. The maximum atomic E-state index is 10.9. The molecular weight excluding hydrogens is 288 g/mol. The second-order valence-corrected chi connectivity index (χ2v) is 9.23. The monoisotopic (exact) mass is 316 g/mol. The third-order valence-corrected chi connectivity index (χ3v) is 8.46. The smallest absolute Gasteiger partial charge is 0.107 e. The number of rotatable bonds is 1. The molecule has 0 unspecified atom stereocenters. The second-order valence-electron chi connectivity index (χ2n) is 9.23. The van der Waals surface area contributed by atoms with Crippen LogP contribution in [0.5, 0.6) is 0 Å². The average Bonchev–Trinajstić information content (AvgIpc) is 3.09. The zero-order valence-electron chi connectivity index (χ0n) is 14.1. The summed E-state index contributed by atoms with van der Waals surface area (Å²) in [6.45, 7) is 2.45. The first-order valence-electron chi connectivity index (χ1n) is 9.40. The summed E-state index contributed by atoms with van der Waals surface area (Å²) in [6.07, 6.45) is 10.9. The van der Waals surface area contributed by atoms with Crippen LogP contribution in [0.2, 0.25) is 0 Å². The number of hydrogen-bond acceptors (Lipinski definition) is 3. The molecule has 1 aromatic heterocycles. The summed E-state index contributed by atoms with van der Waals surface area (Å²) in [5.41, 5.74) is 1.26. The lowest BCUT2D eigenvalue weighted by molar-refractivity contribution is -0.0727. The van der Waals surface area contributed by atoms with E-state index in [1.165, 1.54) is 37.0 Å². The van der Waals surface area contributed by atoms with Crippen molar-refractivity contribution in [2.45, 2.75) is 69.8 Å². The van der Waals surface area contributed by atoms with Crippen molar-refractivity contribution in [2.75, 3.05) is 6.61 Å². The van der Waals surface area contributed by atoms with Crippen molar-refractivity contribution in [2.24, 2.45) is 22.7 Å². The number of aliphatic hydroxyl groups excluding tert-OH is 1. The van der Waals surface area contributed by atoms with Gasteiger partial charge in [0.15, 0.2) is 0 Å². The quantitative estimate of drug-likeness (QED) is 0.831. The van der Waals surface area contributed by atoms with Crippen LogP contribution in [-0.4, -0.2) is 22.4 Å². The van der Waals surface area contributed by atoms with Gasteiger partial charge in [0.25, 0.3) is 0 Å². The molecule has 0 amide bonds. The van der Waals surface area contributed by atoms with Crippen LogP contribution in [-0.2, 0) is 6.42 Å². The van der Waals surface area contributed by atoms with E-state index in [0.717, 1.165) is 25.7 Å². The largest absolute Gasteiger partial charge is 0.469 e. The minimum atomic E-state index is -0.812. The maximum absolute atomic E-state index is 10.9. The zero-order chi connectivity index (χ0) is 15.9. The number of aliphatic hydroxyl groups is 2. The molecule has 0 saturated heterocycles. The van der Waals surface area contributed by atoms with E-state index in [0.29, 0.717) is 23.2 Å². The van der Waals surface area contributed by atoms with Crippen molar-refractivity contribution in [1.82, 2.24) is 0 Å². The van der Waals surface area contributed by atoms with Gasteiger partial charge >= 0.3 is 0 Å². The van der Waals surface area contributed by atoms with Crippen LogP contribution < -0.4 is 0 Å². The molecule has 3 saturated carbocycles. The lowest BCUT2D eigenvalue weighted by atomic mass is 9.45. The van der Waals surface area contributed by atoms with E-state index in [4.69, 9.17) is 4.42 Å². The van der Waals surface area contributed by atoms with Gasteiger partial charge in [-0.25, -0.2) is 0 Å². The molecule has 3 fully saturated rings. The normalized spacial score (nSPS) is 51.0. The lowest BCUT2D eigenvalue weighted by Gasteiger charge is -2.59. The molecule has 2 bridgehead atoms. The number of hydrogen-bond donors (Lipinski definition) is 2. The van der Waals surface area contributed by atoms with E-state index in [1.54, 1.807) is 0 Å². The van der Waals surface area contributed by atoms with Crippen LogP contribution in [0.15, 0.2) is 16.7 Å². The van der Waals surface area contributed by atoms with Crippen LogP contribution in [0.25, 0.3) is 0 Å². The predicted molar refractivity (Wildman–Crippen MR) is 87.0 cm³/mol. The third-order valence-electron chi connectivity index (χ3n) is 8.46. The molecule has 0 radical (unpaired) electrons. The van der Waals surface area contributed by atoms with E-state index in [-0.39, 0.29) is 12.0 Å². The maximum Gasteiger partial charge on any atom is 0.107 e. The second kappa shape index (κ2) is 4.43. The average molecular weight is 316 g/mol. The first-order valence-corrected chi connectivity index (χ1v) is 9.40. The van der Waals surface area contributed by atoms with Crippen molar-refractivity contribution in [3.8, 4) is 0 Å². The fourth-order valence-electron chi connectivity index (χ4n) is 7.51. The molecule has 0 aliphatic heterocycles. The predicted octanol–water partition coefficient (Wildman–Crippen LogP) is 3.64. The highest BCUT2D eigenvalue weighted by Crippen LogP contribution is 2.71. The molecule has 5 rings (SSSR count). The summed E-state index contributed by atoms with van der Waals surface area (Å²) in [4.78, 5) is 0. The van der Waals surface area contributed by atoms with Gasteiger partial charge < -0.3 is 14.6 Å². The number of furan rings is 1. The SMILES string of the molecule is C[C@@]12CCc3occc3[C@@H]1CC[C@@]13C[C@@H](CC[C@H]12)[C@](O)(CO)C3. The molecule has 1 aromatic rings. The Balaban J connectivity index is 1.56. The zero-order valence-corrected chi connectivity index (χ0v) is 14.1. The Hall–Kier alpha value is -0.800. The molecule has 3 heteroatoms. The van der Waals surface area contributed by atoms with Crippen molar-refractivity contribution in [3.05, 3.63) is 23.7 Å². The van der Waals surface area contributed by atoms with Gasteiger partial charge in [-0.3, -0.25) is 0 Å². The van der Waals surface area contributed by atoms with Crippen molar-refractivity contribution in [3.63, 3.8) is 0 Å². The Bertz CT molecular complexity index is 637. The van der Waals surface area contributed by atoms with Crippen molar-refractivity contribution < 1.29 is 14.6 Å². The van der Waals surface area contributed by atoms with Gasteiger partial charge in [-0.2, -0.15) is 0 Å². The van der Waals surface area contributed by atoms with Gasteiger partial charge in [0.1, 0.15) is 5.76 Å². The summed E-state index contributed by atoms with van der Waals surface area (Å²) in [7, 11) is 0. The van der Waals surface area contributed by atoms with E-state index in [9.17, 15) is 10.2 Å². The van der Waals surface area contributed by atoms with E-state index >= 15 is 0 Å². The molecule has 126 valence electrons. The Morgan fingerprint density at radius 1 is 1.26 bits per heavy atom. The highest BCUT2D eigenvalue weighted by molar-refractivity contribution is 5.31. The minimum absolute atomic E-state index is 0.0574. The summed E-state index contributed by atoms with van der Waals surface area (Å²) < 4.78 is 5.72. The van der Waals surface area contributed by atoms with Crippen LogP contribution in [0.4, 0.5) is 0 Å². The molecule has 1 spiro atoms. The van der Waals surface area contributed by atoms with Gasteiger partial charge in [0.05, 0.1) is 18.5 Å². The van der Waals surface area contributed by atoms with Crippen LogP contribution >= 0.6 is 0 Å². The summed E-state index contributed by atoms with van der Waals surface area (Å²) >= 11 is 0. The third kappa shape index (κ3) is 1.68. The Morgan fingerprint density at radius 2 is 2.13 bits per heavy atom. The summed E-state index contributed by atoms with van der Waals surface area (Å²) in [5, 5.41) is 20.7. The van der Waals surface area contributed by atoms with Gasteiger partial charge in [-0.1, -0.05) is 6.92 Å². The summed E-state index contributed by atoms with van der Waals surface area (Å²) in [6, 6.07) is 2.21. The number of fused-ring (bicyclic) bond motifs is 5. The molecule has 2 N–H and O–H groups in total.